The van der Waals surface area contributed by atoms with E-state index in [9.17, 15) is 13.2 Å². The van der Waals surface area contributed by atoms with E-state index >= 15 is 0 Å². The third-order valence-corrected chi connectivity index (χ3v) is 7.69. The van der Waals surface area contributed by atoms with Crippen molar-refractivity contribution in [1.29, 1.82) is 0 Å². The quantitative estimate of drug-likeness (QED) is 0.704. The monoisotopic (exact) mass is 414 g/mol. The van der Waals surface area contributed by atoms with E-state index in [1.54, 1.807) is 0 Å². The lowest BCUT2D eigenvalue weighted by Crippen LogP contribution is -2.60. The number of benzene rings is 1. The second kappa shape index (κ2) is 8.91. The zero-order valence-electron chi connectivity index (χ0n) is 15.5. The molecular formula is C18H26N2O5S2. The molecule has 2 aliphatic heterocycles. The molecule has 0 bridgehead atoms. The van der Waals surface area contributed by atoms with Crippen molar-refractivity contribution < 1.29 is 22.7 Å². The molecule has 2 aliphatic rings. The van der Waals surface area contributed by atoms with Crippen molar-refractivity contribution in [2.75, 3.05) is 51.5 Å². The van der Waals surface area contributed by atoms with Crippen molar-refractivity contribution in [3.8, 4) is 0 Å². The third-order valence-electron chi connectivity index (χ3n) is 5.28. The van der Waals surface area contributed by atoms with E-state index < -0.39 is 16.0 Å². The molecule has 0 aromatic heterocycles. The Labute approximate surface area is 164 Å². The molecular weight excluding hydrogens is 388 g/mol. The van der Waals surface area contributed by atoms with Gasteiger partial charge in [0.25, 0.3) is 0 Å². The average molecular weight is 415 g/mol. The lowest BCUT2D eigenvalue weighted by atomic mass is 9.89. The van der Waals surface area contributed by atoms with Gasteiger partial charge in [0.2, 0.25) is 10.0 Å². The smallest absolute Gasteiger partial charge is 0.337 e. The summed E-state index contributed by atoms with van der Waals surface area (Å²) in [7, 11) is -2.36. The molecule has 0 aliphatic carbocycles. The number of carbonyl (C=O) groups is 1. The summed E-state index contributed by atoms with van der Waals surface area (Å²) in [5.41, 5.74) is 0.166. The van der Waals surface area contributed by atoms with E-state index in [2.05, 4.69) is 14.4 Å². The van der Waals surface area contributed by atoms with Crippen LogP contribution in [0.25, 0.3) is 0 Å². The Morgan fingerprint density at radius 3 is 2.44 bits per heavy atom. The Kier molecular flexibility index (Phi) is 6.80. The Balaban J connectivity index is 1.72. The van der Waals surface area contributed by atoms with Gasteiger partial charge in [-0.3, -0.25) is 4.90 Å². The topological polar surface area (TPSA) is 84.9 Å². The first-order valence-corrected chi connectivity index (χ1v) is 11.7. The summed E-state index contributed by atoms with van der Waals surface area (Å²) in [4.78, 5) is 14.1. The first-order valence-electron chi connectivity index (χ1n) is 9.05. The van der Waals surface area contributed by atoms with Crippen LogP contribution in [0.2, 0.25) is 0 Å². The Hall–Kier alpha value is -1.13. The molecule has 3 rings (SSSR count). The molecule has 2 heterocycles. The lowest BCUT2D eigenvalue weighted by Gasteiger charge is -2.48. The number of nitrogens with one attached hydrogen (secondary N) is 1. The number of hydrogen-bond donors (Lipinski definition) is 1. The molecule has 9 heteroatoms. The standard InChI is InChI=1S/C18H26N2O5S2/c1-24-17(21)15-2-4-16(5-3-15)27(22,23)19-14-18(6-12-26-13-7-18)20-8-10-25-11-9-20/h2-5,19H,6-14H2,1H3. The van der Waals surface area contributed by atoms with Crippen molar-refractivity contribution in [2.45, 2.75) is 23.3 Å². The van der Waals surface area contributed by atoms with Gasteiger partial charge in [0, 0.05) is 25.2 Å². The molecule has 1 aromatic carbocycles. The number of thioether (sulfide) groups is 1. The van der Waals surface area contributed by atoms with Gasteiger partial charge in [0.15, 0.2) is 0 Å². The normalized spacial score (nSPS) is 20.9. The summed E-state index contributed by atoms with van der Waals surface area (Å²) in [6, 6.07) is 5.81. The maximum atomic E-state index is 12.8. The maximum Gasteiger partial charge on any atom is 0.337 e. The minimum absolute atomic E-state index is 0.150. The van der Waals surface area contributed by atoms with Crippen molar-refractivity contribution in [2.24, 2.45) is 0 Å². The van der Waals surface area contributed by atoms with Gasteiger partial charge >= 0.3 is 5.97 Å². The highest BCUT2D eigenvalue weighted by Gasteiger charge is 2.39. The predicted molar refractivity (Wildman–Crippen MR) is 105 cm³/mol. The first-order chi connectivity index (χ1) is 13.0. The molecule has 1 aromatic rings. The van der Waals surface area contributed by atoms with Crippen LogP contribution in [0.15, 0.2) is 29.2 Å². The second-order valence-corrected chi connectivity index (χ2v) is 9.77. The summed E-state index contributed by atoms with van der Waals surface area (Å²) in [5.74, 6) is 1.58. The fraction of sp³-hybridized carbons (Fsp3) is 0.611. The van der Waals surface area contributed by atoms with E-state index in [0.717, 1.165) is 37.4 Å². The second-order valence-electron chi connectivity index (χ2n) is 6.78. The van der Waals surface area contributed by atoms with Crippen LogP contribution in [0.5, 0.6) is 0 Å². The number of rotatable bonds is 6. The van der Waals surface area contributed by atoms with Crippen LogP contribution in [-0.4, -0.2) is 76.3 Å². The first kappa shape index (κ1) is 20.6. The molecule has 27 heavy (non-hydrogen) atoms. The molecule has 0 atom stereocenters. The highest BCUT2D eigenvalue weighted by atomic mass is 32.2. The summed E-state index contributed by atoms with van der Waals surface area (Å²) in [6.45, 7) is 3.43. The fourth-order valence-corrected chi connectivity index (χ4v) is 5.97. The van der Waals surface area contributed by atoms with Gasteiger partial charge in [0.1, 0.15) is 0 Å². The van der Waals surface area contributed by atoms with E-state index in [4.69, 9.17) is 4.74 Å². The Bertz CT molecular complexity index is 740. The van der Waals surface area contributed by atoms with Crippen LogP contribution < -0.4 is 4.72 Å². The van der Waals surface area contributed by atoms with Gasteiger partial charge in [-0.2, -0.15) is 11.8 Å². The zero-order valence-corrected chi connectivity index (χ0v) is 17.1. The Morgan fingerprint density at radius 1 is 1.22 bits per heavy atom. The molecule has 150 valence electrons. The van der Waals surface area contributed by atoms with E-state index in [-0.39, 0.29) is 10.4 Å². The van der Waals surface area contributed by atoms with Crippen molar-refractivity contribution in [3.05, 3.63) is 29.8 Å². The number of ether oxygens (including phenoxy) is 2. The number of nitrogens with zero attached hydrogens (tertiary/aromatic N) is 1. The van der Waals surface area contributed by atoms with Crippen LogP contribution >= 0.6 is 11.8 Å². The van der Waals surface area contributed by atoms with Crippen molar-refractivity contribution in [3.63, 3.8) is 0 Å². The number of morpholine rings is 1. The van der Waals surface area contributed by atoms with Crippen molar-refractivity contribution in [1.82, 2.24) is 9.62 Å². The summed E-state index contributed by atoms with van der Waals surface area (Å²) < 4.78 is 38.5. The van der Waals surface area contributed by atoms with Gasteiger partial charge < -0.3 is 9.47 Å². The lowest BCUT2D eigenvalue weighted by molar-refractivity contribution is -0.0242. The highest BCUT2D eigenvalue weighted by molar-refractivity contribution is 7.99. The van der Waals surface area contributed by atoms with Gasteiger partial charge in [-0.15, -0.1) is 0 Å². The summed E-state index contributed by atoms with van der Waals surface area (Å²) in [6.07, 6.45) is 1.92. The Morgan fingerprint density at radius 2 is 1.85 bits per heavy atom. The van der Waals surface area contributed by atoms with E-state index in [0.29, 0.717) is 25.3 Å². The van der Waals surface area contributed by atoms with Crippen molar-refractivity contribution >= 4 is 27.8 Å². The molecule has 0 saturated carbocycles. The molecule has 1 N–H and O–H groups in total. The predicted octanol–water partition coefficient (Wildman–Crippen LogP) is 1.35. The molecule has 0 amide bonds. The number of esters is 1. The molecule has 2 fully saturated rings. The third kappa shape index (κ3) is 4.83. The average Bonchev–Trinajstić information content (AvgIpc) is 2.73. The zero-order chi connectivity index (χ0) is 19.3. The molecule has 2 saturated heterocycles. The van der Waals surface area contributed by atoms with Crippen LogP contribution in [0, 0.1) is 0 Å². The number of hydrogen-bond acceptors (Lipinski definition) is 7. The fourth-order valence-electron chi connectivity index (χ4n) is 3.59. The van der Waals surface area contributed by atoms with Crippen LogP contribution in [0.4, 0.5) is 0 Å². The largest absolute Gasteiger partial charge is 0.465 e. The molecule has 0 unspecified atom stereocenters. The van der Waals surface area contributed by atoms with E-state index in [1.165, 1.54) is 31.4 Å². The summed E-state index contributed by atoms with van der Waals surface area (Å²) >= 11 is 1.92. The molecule has 7 nitrogen and oxygen atoms in total. The van der Waals surface area contributed by atoms with Gasteiger partial charge in [0.05, 0.1) is 30.8 Å². The number of carbonyl (C=O) groups excluding carboxylic acids is 1. The minimum atomic E-state index is -3.65. The van der Waals surface area contributed by atoms with Crippen LogP contribution in [0.3, 0.4) is 0 Å². The van der Waals surface area contributed by atoms with E-state index in [1.807, 2.05) is 11.8 Å². The number of methoxy groups -OCH3 is 1. The van der Waals surface area contributed by atoms with Gasteiger partial charge in [-0.1, -0.05) is 0 Å². The summed E-state index contributed by atoms with van der Waals surface area (Å²) in [5, 5.41) is 0. The SMILES string of the molecule is COC(=O)c1ccc(S(=O)(=O)NCC2(N3CCOCC3)CCSCC2)cc1. The van der Waals surface area contributed by atoms with Crippen LogP contribution in [-0.2, 0) is 19.5 Å². The van der Waals surface area contributed by atoms with Gasteiger partial charge in [-0.05, 0) is 48.6 Å². The van der Waals surface area contributed by atoms with Gasteiger partial charge in [-0.25, -0.2) is 17.9 Å². The van der Waals surface area contributed by atoms with Crippen LogP contribution in [0.1, 0.15) is 23.2 Å². The molecule has 0 radical (unpaired) electrons. The highest BCUT2D eigenvalue weighted by Crippen LogP contribution is 2.33. The maximum absolute atomic E-state index is 12.8. The minimum Gasteiger partial charge on any atom is -0.465 e. The molecule has 0 spiro atoms. The number of sulfonamides is 1.